The third kappa shape index (κ3) is 2.61. The van der Waals surface area contributed by atoms with Crippen molar-refractivity contribution in [3.05, 3.63) is 29.8 Å². The minimum atomic E-state index is 0.718. The smallest absolute Gasteiger partial charge is 0.0722 e. The quantitative estimate of drug-likeness (QED) is 0.624. The number of benzene rings is 1. The SMILES string of the molecule is CCOCc1ccccc1P. The van der Waals surface area contributed by atoms with Crippen LogP contribution in [-0.4, -0.2) is 6.61 Å². The maximum atomic E-state index is 5.29. The van der Waals surface area contributed by atoms with Crippen LogP contribution in [0.4, 0.5) is 0 Å². The van der Waals surface area contributed by atoms with E-state index in [2.05, 4.69) is 21.4 Å². The van der Waals surface area contributed by atoms with Crippen molar-refractivity contribution < 1.29 is 4.74 Å². The summed E-state index contributed by atoms with van der Waals surface area (Å²) >= 11 is 0. The van der Waals surface area contributed by atoms with Crippen LogP contribution < -0.4 is 5.30 Å². The lowest BCUT2D eigenvalue weighted by atomic mass is 10.2. The van der Waals surface area contributed by atoms with Gasteiger partial charge in [0.25, 0.3) is 0 Å². The Bertz CT molecular complexity index is 223. The highest BCUT2D eigenvalue weighted by molar-refractivity contribution is 7.27. The van der Waals surface area contributed by atoms with Crippen LogP contribution in [0.1, 0.15) is 12.5 Å². The molecule has 11 heavy (non-hydrogen) atoms. The topological polar surface area (TPSA) is 9.23 Å². The fraction of sp³-hybridized carbons (Fsp3) is 0.333. The standard InChI is InChI=1S/C9H13OP/c1-2-10-7-8-5-3-4-6-9(8)11/h3-6H,2,7,11H2,1H3. The van der Waals surface area contributed by atoms with Crippen molar-refractivity contribution in [1.29, 1.82) is 0 Å². The molecule has 1 aromatic rings. The highest BCUT2D eigenvalue weighted by atomic mass is 31.0. The van der Waals surface area contributed by atoms with E-state index in [1.807, 2.05) is 19.1 Å². The maximum Gasteiger partial charge on any atom is 0.0722 e. The summed E-state index contributed by atoms with van der Waals surface area (Å²) < 4.78 is 5.29. The van der Waals surface area contributed by atoms with Crippen LogP contribution in [0.3, 0.4) is 0 Å². The molecule has 2 heteroatoms. The van der Waals surface area contributed by atoms with Gasteiger partial charge in [0.05, 0.1) is 6.61 Å². The van der Waals surface area contributed by atoms with Gasteiger partial charge in [0.2, 0.25) is 0 Å². The molecule has 0 aliphatic heterocycles. The molecule has 0 saturated heterocycles. The zero-order valence-electron chi connectivity index (χ0n) is 6.71. The average Bonchev–Trinajstić information content (AvgIpc) is 2.03. The lowest BCUT2D eigenvalue weighted by Gasteiger charge is -2.03. The van der Waals surface area contributed by atoms with Crippen molar-refractivity contribution in [3.8, 4) is 0 Å². The summed E-state index contributed by atoms with van der Waals surface area (Å²) in [5.74, 6) is 0. The van der Waals surface area contributed by atoms with E-state index in [4.69, 9.17) is 4.74 Å². The summed E-state index contributed by atoms with van der Waals surface area (Å²) in [4.78, 5) is 0. The van der Waals surface area contributed by atoms with E-state index in [1.54, 1.807) is 0 Å². The van der Waals surface area contributed by atoms with Crippen LogP contribution in [-0.2, 0) is 11.3 Å². The van der Waals surface area contributed by atoms with Gasteiger partial charge in [0.1, 0.15) is 0 Å². The Balaban J connectivity index is 2.62. The van der Waals surface area contributed by atoms with Gasteiger partial charge < -0.3 is 4.74 Å². The molecule has 1 aromatic carbocycles. The van der Waals surface area contributed by atoms with Crippen LogP contribution in [0, 0.1) is 0 Å². The normalized spacial score (nSPS) is 10.0. The van der Waals surface area contributed by atoms with E-state index >= 15 is 0 Å². The Labute approximate surface area is 70.0 Å². The molecule has 0 aliphatic carbocycles. The van der Waals surface area contributed by atoms with Crippen molar-refractivity contribution in [2.75, 3.05) is 6.61 Å². The second kappa shape index (κ2) is 4.48. The van der Waals surface area contributed by atoms with E-state index in [9.17, 15) is 0 Å². The highest BCUT2D eigenvalue weighted by Crippen LogP contribution is 2.01. The zero-order valence-corrected chi connectivity index (χ0v) is 7.86. The van der Waals surface area contributed by atoms with E-state index in [1.165, 1.54) is 10.9 Å². The lowest BCUT2D eigenvalue weighted by Crippen LogP contribution is -2.02. The molecule has 0 N–H and O–H groups in total. The molecule has 0 bridgehead atoms. The van der Waals surface area contributed by atoms with Gasteiger partial charge in [-0.05, 0) is 17.8 Å². The van der Waals surface area contributed by atoms with E-state index in [0.29, 0.717) is 0 Å². The molecule has 60 valence electrons. The van der Waals surface area contributed by atoms with Gasteiger partial charge in [-0.3, -0.25) is 0 Å². The third-order valence-electron chi connectivity index (χ3n) is 1.52. The first-order valence-electron chi connectivity index (χ1n) is 3.75. The van der Waals surface area contributed by atoms with Crippen molar-refractivity contribution in [2.24, 2.45) is 0 Å². The summed E-state index contributed by atoms with van der Waals surface area (Å²) in [6.45, 7) is 3.50. The second-order valence-electron chi connectivity index (χ2n) is 2.34. The Morgan fingerprint density at radius 1 is 1.36 bits per heavy atom. The van der Waals surface area contributed by atoms with Gasteiger partial charge in [0.15, 0.2) is 0 Å². The van der Waals surface area contributed by atoms with Crippen molar-refractivity contribution in [2.45, 2.75) is 13.5 Å². The molecule has 0 heterocycles. The predicted octanol–water partition coefficient (Wildman–Crippen LogP) is 1.72. The molecule has 1 nitrogen and oxygen atoms in total. The fourth-order valence-electron chi connectivity index (χ4n) is 0.878. The molecule has 0 fully saturated rings. The van der Waals surface area contributed by atoms with Crippen LogP contribution in [0.5, 0.6) is 0 Å². The first kappa shape index (κ1) is 8.70. The van der Waals surface area contributed by atoms with Crippen LogP contribution >= 0.6 is 9.24 Å². The molecule has 1 rings (SSSR count). The van der Waals surface area contributed by atoms with Crippen LogP contribution in [0.25, 0.3) is 0 Å². The van der Waals surface area contributed by atoms with Gasteiger partial charge in [0, 0.05) is 6.61 Å². The molecule has 0 aromatic heterocycles. The van der Waals surface area contributed by atoms with Crippen LogP contribution in [0.2, 0.25) is 0 Å². The number of hydrogen-bond donors (Lipinski definition) is 0. The summed E-state index contributed by atoms with van der Waals surface area (Å²) in [6.07, 6.45) is 0. The summed E-state index contributed by atoms with van der Waals surface area (Å²) in [6, 6.07) is 8.21. The summed E-state index contributed by atoms with van der Waals surface area (Å²) in [5, 5.41) is 1.22. The largest absolute Gasteiger partial charge is 0.377 e. The molecular weight excluding hydrogens is 155 g/mol. The molecule has 0 amide bonds. The Kier molecular flexibility index (Phi) is 3.55. The third-order valence-corrected chi connectivity index (χ3v) is 2.08. The van der Waals surface area contributed by atoms with Crippen molar-refractivity contribution >= 4 is 14.5 Å². The first-order valence-corrected chi connectivity index (χ1v) is 4.33. The van der Waals surface area contributed by atoms with E-state index in [0.717, 1.165) is 13.2 Å². The molecule has 0 radical (unpaired) electrons. The molecule has 0 aliphatic rings. The molecule has 0 spiro atoms. The fourth-order valence-corrected chi connectivity index (χ4v) is 1.17. The van der Waals surface area contributed by atoms with Gasteiger partial charge in [-0.2, -0.15) is 0 Å². The Morgan fingerprint density at radius 2 is 2.09 bits per heavy atom. The minimum Gasteiger partial charge on any atom is -0.377 e. The minimum absolute atomic E-state index is 0.718. The Hall–Kier alpha value is -0.390. The van der Waals surface area contributed by atoms with E-state index in [-0.39, 0.29) is 0 Å². The predicted molar refractivity (Wildman–Crippen MR) is 51.1 cm³/mol. The van der Waals surface area contributed by atoms with Gasteiger partial charge in [-0.1, -0.05) is 24.3 Å². The van der Waals surface area contributed by atoms with Gasteiger partial charge >= 0.3 is 0 Å². The molecule has 1 unspecified atom stereocenters. The molecule has 0 saturated carbocycles. The highest BCUT2D eigenvalue weighted by Gasteiger charge is 1.94. The van der Waals surface area contributed by atoms with Crippen LogP contribution in [0.15, 0.2) is 24.3 Å². The van der Waals surface area contributed by atoms with Gasteiger partial charge in [-0.15, -0.1) is 9.24 Å². The lowest BCUT2D eigenvalue weighted by molar-refractivity contribution is 0.134. The van der Waals surface area contributed by atoms with Crippen molar-refractivity contribution in [3.63, 3.8) is 0 Å². The molecular formula is C9H13OP. The van der Waals surface area contributed by atoms with Crippen molar-refractivity contribution in [1.82, 2.24) is 0 Å². The van der Waals surface area contributed by atoms with E-state index < -0.39 is 0 Å². The summed E-state index contributed by atoms with van der Waals surface area (Å²) in [5.41, 5.74) is 1.25. The number of rotatable bonds is 3. The second-order valence-corrected chi connectivity index (χ2v) is 2.96. The average molecular weight is 168 g/mol. The zero-order chi connectivity index (χ0) is 8.10. The maximum absolute atomic E-state index is 5.29. The number of ether oxygens (including phenoxy) is 1. The molecule has 1 atom stereocenters. The number of hydrogen-bond acceptors (Lipinski definition) is 1. The summed E-state index contributed by atoms with van der Waals surface area (Å²) in [7, 11) is 2.70. The van der Waals surface area contributed by atoms with Gasteiger partial charge in [-0.25, -0.2) is 0 Å². The Morgan fingerprint density at radius 3 is 2.73 bits per heavy atom. The first-order chi connectivity index (χ1) is 5.34. The monoisotopic (exact) mass is 168 g/mol.